The maximum atomic E-state index is 10.7. The molecule has 0 radical (unpaired) electrons. The van der Waals surface area contributed by atoms with E-state index < -0.39 is 0 Å². The summed E-state index contributed by atoms with van der Waals surface area (Å²) in [6, 6.07) is 8.16. The summed E-state index contributed by atoms with van der Waals surface area (Å²) in [6.07, 6.45) is 0.656. The number of hydrogen-bond acceptors (Lipinski definition) is 2. The van der Waals surface area contributed by atoms with Gasteiger partial charge < -0.3 is 0 Å². The minimum atomic E-state index is 0.301. The number of aldehydes is 1. The SMILES string of the molecule is O=Cc1ccc(Cl)c(-c2ccc(Cl)cc2Cl)n1. The smallest absolute Gasteiger partial charge is 0.168 e. The second-order valence-electron chi connectivity index (χ2n) is 3.31. The van der Waals surface area contributed by atoms with E-state index in [0.717, 1.165) is 0 Å². The van der Waals surface area contributed by atoms with Crippen molar-refractivity contribution in [3.63, 3.8) is 0 Å². The molecule has 0 bridgehead atoms. The van der Waals surface area contributed by atoms with Crippen LogP contribution in [0.4, 0.5) is 0 Å². The van der Waals surface area contributed by atoms with Crippen molar-refractivity contribution < 1.29 is 4.79 Å². The van der Waals surface area contributed by atoms with Gasteiger partial charge in [-0.25, -0.2) is 4.98 Å². The molecule has 0 unspecified atom stereocenters. The fourth-order valence-corrected chi connectivity index (χ4v) is 2.10. The molecule has 0 amide bonds. The third kappa shape index (κ3) is 2.60. The van der Waals surface area contributed by atoms with Gasteiger partial charge in [-0.2, -0.15) is 0 Å². The molecule has 0 atom stereocenters. The van der Waals surface area contributed by atoms with Gasteiger partial charge in [-0.3, -0.25) is 4.79 Å². The molecule has 0 N–H and O–H groups in total. The molecule has 0 fully saturated rings. The molecule has 0 saturated carbocycles. The predicted molar refractivity (Wildman–Crippen MR) is 70.1 cm³/mol. The number of rotatable bonds is 2. The molecule has 1 aromatic carbocycles. The third-order valence-corrected chi connectivity index (χ3v) is 3.03. The minimum Gasteiger partial charge on any atom is -0.296 e. The van der Waals surface area contributed by atoms with Gasteiger partial charge >= 0.3 is 0 Å². The Kier molecular flexibility index (Phi) is 3.67. The van der Waals surface area contributed by atoms with Crippen molar-refractivity contribution in [3.8, 4) is 11.3 Å². The summed E-state index contributed by atoms with van der Waals surface area (Å²) in [7, 11) is 0. The maximum Gasteiger partial charge on any atom is 0.168 e. The van der Waals surface area contributed by atoms with Gasteiger partial charge in [0, 0.05) is 10.6 Å². The van der Waals surface area contributed by atoms with Gasteiger partial charge in [0.15, 0.2) is 6.29 Å². The summed E-state index contributed by atoms with van der Waals surface area (Å²) in [5.41, 5.74) is 1.41. The lowest BCUT2D eigenvalue weighted by atomic mass is 10.1. The van der Waals surface area contributed by atoms with Gasteiger partial charge in [0.05, 0.1) is 15.7 Å². The zero-order chi connectivity index (χ0) is 12.4. The molecule has 0 aliphatic rings. The number of aromatic nitrogens is 1. The standard InChI is InChI=1S/C12H6Cl3NO/c13-7-1-3-9(11(15)5-7)12-10(14)4-2-8(6-17)16-12/h1-6H. The minimum absolute atomic E-state index is 0.301. The molecule has 86 valence electrons. The highest BCUT2D eigenvalue weighted by Crippen LogP contribution is 2.33. The van der Waals surface area contributed by atoms with Crippen molar-refractivity contribution in [1.29, 1.82) is 0 Å². The fraction of sp³-hybridized carbons (Fsp3) is 0. The number of carbonyl (C=O) groups excluding carboxylic acids is 1. The molecule has 2 nitrogen and oxygen atoms in total. The van der Waals surface area contributed by atoms with Crippen LogP contribution in [-0.2, 0) is 0 Å². The van der Waals surface area contributed by atoms with Crippen molar-refractivity contribution >= 4 is 41.1 Å². The number of pyridine rings is 1. The highest BCUT2D eigenvalue weighted by Gasteiger charge is 2.10. The monoisotopic (exact) mass is 285 g/mol. The summed E-state index contributed by atoms with van der Waals surface area (Å²) in [6.45, 7) is 0. The molecular weight excluding hydrogens is 280 g/mol. The molecular formula is C12H6Cl3NO. The first-order valence-corrected chi connectivity index (χ1v) is 5.82. The van der Waals surface area contributed by atoms with Crippen LogP contribution in [0.1, 0.15) is 10.5 Å². The molecule has 2 rings (SSSR count). The van der Waals surface area contributed by atoms with Crippen LogP contribution in [0.15, 0.2) is 30.3 Å². The molecule has 17 heavy (non-hydrogen) atoms. The lowest BCUT2D eigenvalue weighted by Gasteiger charge is -2.06. The molecule has 2 aromatic rings. The predicted octanol–water partition coefficient (Wildman–Crippen LogP) is 4.52. The van der Waals surface area contributed by atoms with E-state index in [4.69, 9.17) is 34.8 Å². The average molecular weight is 287 g/mol. The van der Waals surface area contributed by atoms with Gasteiger partial charge in [-0.05, 0) is 30.3 Å². The van der Waals surface area contributed by atoms with Gasteiger partial charge in [0.1, 0.15) is 5.69 Å². The van der Waals surface area contributed by atoms with Crippen LogP contribution in [0.3, 0.4) is 0 Å². The van der Waals surface area contributed by atoms with Crippen molar-refractivity contribution in [2.45, 2.75) is 0 Å². The number of halogens is 3. The number of nitrogens with zero attached hydrogens (tertiary/aromatic N) is 1. The van der Waals surface area contributed by atoms with Crippen LogP contribution < -0.4 is 0 Å². The Hall–Kier alpha value is -1.09. The first-order chi connectivity index (χ1) is 8.11. The Bertz CT molecular complexity index is 584. The van der Waals surface area contributed by atoms with E-state index in [0.29, 0.717) is 38.3 Å². The largest absolute Gasteiger partial charge is 0.296 e. The molecule has 5 heteroatoms. The number of hydrogen-bond donors (Lipinski definition) is 0. The van der Waals surface area contributed by atoms with E-state index in [1.165, 1.54) is 0 Å². The lowest BCUT2D eigenvalue weighted by molar-refractivity contribution is 0.111. The molecule has 1 aromatic heterocycles. The van der Waals surface area contributed by atoms with Gasteiger partial charge in [-0.15, -0.1) is 0 Å². The molecule has 0 aliphatic heterocycles. The third-order valence-electron chi connectivity index (χ3n) is 2.17. The van der Waals surface area contributed by atoms with Gasteiger partial charge in [-0.1, -0.05) is 34.8 Å². The lowest BCUT2D eigenvalue weighted by Crippen LogP contribution is -1.92. The van der Waals surface area contributed by atoms with E-state index in [9.17, 15) is 4.79 Å². The van der Waals surface area contributed by atoms with Crippen molar-refractivity contribution in [2.75, 3.05) is 0 Å². The first kappa shape index (κ1) is 12.4. The van der Waals surface area contributed by atoms with Crippen LogP contribution in [0.25, 0.3) is 11.3 Å². The highest BCUT2D eigenvalue weighted by atomic mass is 35.5. The molecule has 0 spiro atoms. The Labute approximate surface area is 113 Å². The van der Waals surface area contributed by atoms with E-state index in [1.54, 1.807) is 30.3 Å². The summed E-state index contributed by atoms with van der Waals surface area (Å²) in [5.74, 6) is 0. The summed E-state index contributed by atoms with van der Waals surface area (Å²) in [5, 5.41) is 1.40. The zero-order valence-corrected chi connectivity index (χ0v) is 10.7. The van der Waals surface area contributed by atoms with Crippen LogP contribution in [0.5, 0.6) is 0 Å². The normalized spacial score (nSPS) is 10.3. The molecule has 0 aliphatic carbocycles. The van der Waals surface area contributed by atoms with Crippen LogP contribution in [0, 0.1) is 0 Å². The quantitative estimate of drug-likeness (QED) is 0.760. The Balaban J connectivity index is 2.63. The second kappa shape index (κ2) is 5.05. The van der Waals surface area contributed by atoms with E-state index >= 15 is 0 Å². The average Bonchev–Trinajstić information content (AvgIpc) is 2.30. The molecule has 1 heterocycles. The van der Waals surface area contributed by atoms with E-state index in [-0.39, 0.29) is 0 Å². The number of benzene rings is 1. The molecule has 0 saturated heterocycles. The van der Waals surface area contributed by atoms with Crippen LogP contribution in [-0.4, -0.2) is 11.3 Å². The van der Waals surface area contributed by atoms with Crippen molar-refractivity contribution in [2.24, 2.45) is 0 Å². The second-order valence-corrected chi connectivity index (χ2v) is 4.56. The highest BCUT2D eigenvalue weighted by molar-refractivity contribution is 6.38. The first-order valence-electron chi connectivity index (χ1n) is 4.69. The van der Waals surface area contributed by atoms with E-state index in [2.05, 4.69) is 4.98 Å². The zero-order valence-electron chi connectivity index (χ0n) is 8.45. The Morgan fingerprint density at radius 2 is 1.76 bits per heavy atom. The van der Waals surface area contributed by atoms with E-state index in [1.807, 2.05) is 0 Å². The summed E-state index contributed by atoms with van der Waals surface area (Å²) in [4.78, 5) is 14.8. The van der Waals surface area contributed by atoms with Crippen molar-refractivity contribution in [1.82, 2.24) is 4.98 Å². The van der Waals surface area contributed by atoms with Gasteiger partial charge in [0.25, 0.3) is 0 Å². The Morgan fingerprint density at radius 3 is 2.41 bits per heavy atom. The summed E-state index contributed by atoms with van der Waals surface area (Å²) < 4.78 is 0. The summed E-state index contributed by atoms with van der Waals surface area (Å²) >= 11 is 17.9. The van der Waals surface area contributed by atoms with Crippen molar-refractivity contribution in [3.05, 3.63) is 51.1 Å². The van der Waals surface area contributed by atoms with Crippen LogP contribution in [0.2, 0.25) is 15.1 Å². The number of carbonyl (C=O) groups is 1. The fourth-order valence-electron chi connectivity index (χ4n) is 1.39. The van der Waals surface area contributed by atoms with Crippen LogP contribution >= 0.6 is 34.8 Å². The van der Waals surface area contributed by atoms with Gasteiger partial charge in [0.2, 0.25) is 0 Å². The Morgan fingerprint density at radius 1 is 1.00 bits per heavy atom. The maximum absolute atomic E-state index is 10.7. The topological polar surface area (TPSA) is 30.0 Å².